The molecule has 0 fully saturated rings. The largest absolute Gasteiger partial charge is 0.383 e. The Bertz CT molecular complexity index is 316. The molecule has 0 aliphatic heterocycles. The summed E-state index contributed by atoms with van der Waals surface area (Å²) in [5.74, 6) is 0. The van der Waals surface area contributed by atoms with Gasteiger partial charge in [-0.25, -0.2) is 0 Å². The smallest absolute Gasteiger partial charge is 0.0373 e. The molecule has 0 aliphatic rings. The van der Waals surface area contributed by atoms with E-state index in [4.69, 9.17) is 5.73 Å². The van der Waals surface area contributed by atoms with E-state index in [2.05, 4.69) is 38.2 Å². The summed E-state index contributed by atoms with van der Waals surface area (Å²) in [6.07, 6.45) is 0. The fourth-order valence-electron chi connectivity index (χ4n) is 1.42. The second kappa shape index (κ2) is 4.47. The molecule has 3 N–H and O–H groups in total. The number of hydrogen-bond acceptors (Lipinski definition) is 2. The lowest BCUT2D eigenvalue weighted by Gasteiger charge is -2.13. The van der Waals surface area contributed by atoms with Gasteiger partial charge in [0.05, 0.1) is 0 Å². The van der Waals surface area contributed by atoms with Gasteiger partial charge in [-0.3, -0.25) is 0 Å². The van der Waals surface area contributed by atoms with E-state index in [0.717, 1.165) is 6.54 Å². The number of hydrogen-bond donors (Lipinski definition) is 2. The molecule has 0 radical (unpaired) electrons. The quantitative estimate of drug-likeness (QED) is 0.771. The first-order valence-electron chi connectivity index (χ1n) is 5.08. The van der Waals surface area contributed by atoms with E-state index in [1.165, 1.54) is 22.4 Å². The molecule has 1 aromatic rings. The molecule has 0 heterocycles. The van der Waals surface area contributed by atoms with Crippen molar-refractivity contribution in [1.29, 1.82) is 0 Å². The van der Waals surface area contributed by atoms with Crippen LogP contribution >= 0.6 is 0 Å². The fraction of sp³-hybridized carbons (Fsp3) is 0.500. The van der Waals surface area contributed by atoms with E-state index in [-0.39, 0.29) is 6.04 Å². The van der Waals surface area contributed by atoms with Gasteiger partial charge in [0.2, 0.25) is 0 Å². The van der Waals surface area contributed by atoms with Gasteiger partial charge >= 0.3 is 0 Å². The minimum absolute atomic E-state index is 0.191. The molecule has 2 heteroatoms. The van der Waals surface area contributed by atoms with E-state index < -0.39 is 0 Å². The molecule has 0 amide bonds. The highest BCUT2D eigenvalue weighted by molar-refractivity contribution is 5.54. The maximum Gasteiger partial charge on any atom is 0.0373 e. The highest BCUT2D eigenvalue weighted by Gasteiger charge is 2.01. The number of benzene rings is 1. The predicted molar refractivity (Wildman–Crippen MR) is 62.8 cm³/mol. The van der Waals surface area contributed by atoms with Crippen molar-refractivity contribution in [1.82, 2.24) is 0 Å². The van der Waals surface area contributed by atoms with Crippen molar-refractivity contribution in [2.24, 2.45) is 5.73 Å². The standard InChI is InChI=1S/C12H20N2/c1-8-5-10(3)12(6-9(8)2)14-7-11(4)13/h5-6,11,14H,7,13H2,1-4H3. The SMILES string of the molecule is Cc1cc(C)c(NCC(C)N)cc1C. The zero-order valence-corrected chi connectivity index (χ0v) is 9.52. The van der Waals surface area contributed by atoms with Gasteiger partial charge in [0, 0.05) is 18.3 Å². The summed E-state index contributed by atoms with van der Waals surface area (Å²) in [7, 11) is 0. The van der Waals surface area contributed by atoms with Gasteiger partial charge in [-0.15, -0.1) is 0 Å². The van der Waals surface area contributed by atoms with Crippen LogP contribution in [0.5, 0.6) is 0 Å². The molecule has 0 saturated heterocycles. The molecule has 1 unspecified atom stereocenters. The summed E-state index contributed by atoms with van der Waals surface area (Å²) in [5.41, 5.74) is 10.8. The maximum absolute atomic E-state index is 5.70. The molecule has 14 heavy (non-hydrogen) atoms. The number of aryl methyl sites for hydroxylation is 3. The fourth-order valence-corrected chi connectivity index (χ4v) is 1.42. The van der Waals surface area contributed by atoms with Crippen molar-refractivity contribution in [2.75, 3.05) is 11.9 Å². The molecule has 0 aliphatic carbocycles. The van der Waals surface area contributed by atoms with Crippen LogP contribution in [0.1, 0.15) is 23.6 Å². The van der Waals surface area contributed by atoms with Crippen LogP contribution in [0, 0.1) is 20.8 Å². The lowest BCUT2D eigenvalue weighted by Crippen LogP contribution is -2.25. The highest BCUT2D eigenvalue weighted by atomic mass is 14.9. The van der Waals surface area contributed by atoms with Gasteiger partial charge in [-0.2, -0.15) is 0 Å². The van der Waals surface area contributed by atoms with Gasteiger partial charge in [-0.1, -0.05) is 6.07 Å². The average molecular weight is 192 g/mol. The van der Waals surface area contributed by atoms with Crippen molar-refractivity contribution < 1.29 is 0 Å². The zero-order valence-electron chi connectivity index (χ0n) is 9.52. The molecule has 0 saturated carbocycles. The monoisotopic (exact) mass is 192 g/mol. The molecule has 0 aromatic heterocycles. The van der Waals surface area contributed by atoms with Gasteiger partial charge in [0.15, 0.2) is 0 Å². The summed E-state index contributed by atoms with van der Waals surface area (Å²) in [4.78, 5) is 0. The minimum Gasteiger partial charge on any atom is -0.383 e. The Morgan fingerprint density at radius 3 is 2.29 bits per heavy atom. The van der Waals surface area contributed by atoms with E-state index in [0.29, 0.717) is 0 Å². The first kappa shape index (κ1) is 11.1. The molecule has 2 nitrogen and oxygen atoms in total. The number of nitrogens with two attached hydrogens (primary N) is 1. The van der Waals surface area contributed by atoms with E-state index in [9.17, 15) is 0 Å². The first-order valence-corrected chi connectivity index (χ1v) is 5.08. The van der Waals surface area contributed by atoms with Crippen molar-refractivity contribution in [3.05, 3.63) is 28.8 Å². The van der Waals surface area contributed by atoms with Crippen LogP contribution in [0.25, 0.3) is 0 Å². The Balaban J connectivity index is 2.82. The number of anilines is 1. The lowest BCUT2D eigenvalue weighted by molar-refractivity contribution is 0.779. The van der Waals surface area contributed by atoms with Gasteiger partial charge < -0.3 is 11.1 Å². The van der Waals surface area contributed by atoms with Crippen LogP contribution in [0.3, 0.4) is 0 Å². The van der Waals surface area contributed by atoms with Crippen molar-refractivity contribution in [2.45, 2.75) is 33.7 Å². The highest BCUT2D eigenvalue weighted by Crippen LogP contribution is 2.19. The van der Waals surface area contributed by atoms with E-state index >= 15 is 0 Å². The Hall–Kier alpha value is -1.02. The Morgan fingerprint density at radius 1 is 1.14 bits per heavy atom. The second-order valence-corrected chi connectivity index (χ2v) is 4.11. The molecule has 0 bridgehead atoms. The van der Waals surface area contributed by atoms with E-state index in [1.54, 1.807) is 0 Å². The normalized spacial score (nSPS) is 12.6. The van der Waals surface area contributed by atoms with Crippen molar-refractivity contribution in [3.8, 4) is 0 Å². The Kier molecular flexibility index (Phi) is 3.53. The molecule has 78 valence electrons. The third-order valence-electron chi connectivity index (χ3n) is 2.46. The summed E-state index contributed by atoms with van der Waals surface area (Å²) < 4.78 is 0. The van der Waals surface area contributed by atoms with Crippen LogP contribution in [0.4, 0.5) is 5.69 Å². The van der Waals surface area contributed by atoms with E-state index in [1.807, 2.05) is 6.92 Å². The van der Waals surface area contributed by atoms with Gasteiger partial charge in [0.1, 0.15) is 0 Å². The summed E-state index contributed by atoms with van der Waals surface area (Å²) >= 11 is 0. The summed E-state index contributed by atoms with van der Waals surface area (Å²) in [5, 5.41) is 3.36. The lowest BCUT2D eigenvalue weighted by atomic mass is 10.0. The molecule has 1 aromatic carbocycles. The van der Waals surface area contributed by atoms with Gasteiger partial charge in [0.25, 0.3) is 0 Å². The summed E-state index contributed by atoms with van der Waals surface area (Å²) in [6, 6.07) is 4.59. The van der Waals surface area contributed by atoms with Crippen LogP contribution in [0.2, 0.25) is 0 Å². The van der Waals surface area contributed by atoms with Crippen LogP contribution < -0.4 is 11.1 Å². The second-order valence-electron chi connectivity index (χ2n) is 4.11. The minimum atomic E-state index is 0.191. The molecular weight excluding hydrogens is 172 g/mol. The zero-order chi connectivity index (χ0) is 10.7. The van der Waals surface area contributed by atoms with Crippen LogP contribution in [-0.2, 0) is 0 Å². The maximum atomic E-state index is 5.70. The van der Waals surface area contributed by atoms with Crippen LogP contribution in [0.15, 0.2) is 12.1 Å². The van der Waals surface area contributed by atoms with Crippen molar-refractivity contribution in [3.63, 3.8) is 0 Å². The summed E-state index contributed by atoms with van der Waals surface area (Å²) in [6.45, 7) is 9.21. The molecule has 1 atom stereocenters. The number of nitrogens with one attached hydrogen (secondary N) is 1. The molecular formula is C12H20N2. The molecule has 1 rings (SSSR count). The van der Waals surface area contributed by atoms with Crippen molar-refractivity contribution >= 4 is 5.69 Å². The first-order chi connectivity index (χ1) is 6.50. The van der Waals surface area contributed by atoms with Gasteiger partial charge in [-0.05, 0) is 50.5 Å². The number of rotatable bonds is 3. The topological polar surface area (TPSA) is 38.0 Å². The van der Waals surface area contributed by atoms with Crippen LogP contribution in [-0.4, -0.2) is 12.6 Å². The molecule has 0 spiro atoms. The Labute approximate surface area is 86.5 Å². The average Bonchev–Trinajstić information content (AvgIpc) is 2.09. The predicted octanol–water partition coefficient (Wildman–Crippen LogP) is 2.37. The third-order valence-corrected chi connectivity index (χ3v) is 2.46. The Morgan fingerprint density at radius 2 is 1.71 bits per heavy atom. The third kappa shape index (κ3) is 2.74.